The Labute approximate surface area is 192 Å². The number of sulfone groups is 1. The predicted octanol–water partition coefficient (Wildman–Crippen LogP) is 4.63. The molecule has 3 heterocycles. The third-order valence-electron chi connectivity index (χ3n) is 5.50. The molecule has 0 aliphatic rings. The topological polar surface area (TPSA) is 81.8 Å². The number of benzene rings is 2. The number of anilines is 2. The zero-order valence-electron chi connectivity index (χ0n) is 18.3. The molecule has 0 spiro atoms. The van der Waals surface area contributed by atoms with Crippen LogP contribution in [0.5, 0.6) is 0 Å². The second-order valence-corrected chi connectivity index (χ2v) is 10.1. The van der Waals surface area contributed by atoms with Crippen molar-refractivity contribution in [2.45, 2.75) is 11.4 Å². The van der Waals surface area contributed by atoms with Gasteiger partial charge >= 0.3 is 0 Å². The Kier molecular flexibility index (Phi) is 5.22. The van der Waals surface area contributed by atoms with Crippen LogP contribution >= 0.6 is 0 Å². The summed E-state index contributed by atoms with van der Waals surface area (Å²) in [5.74, 6) is 0.637. The van der Waals surface area contributed by atoms with Crippen molar-refractivity contribution >= 4 is 32.2 Å². The maximum atomic E-state index is 11.9. The van der Waals surface area contributed by atoms with E-state index in [1.54, 1.807) is 22.9 Å². The Hall–Kier alpha value is -3.91. The largest absolute Gasteiger partial charge is 0.340 e. The second kappa shape index (κ2) is 8.22. The Morgan fingerprint density at radius 1 is 0.970 bits per heavy atom. The normalized spacial score (nSPS) is 11.7. The van der Waals surface area contributed by atoms with E-state index in [0.29, 0.717) is 18.1 Å². The molecule has 0 aliphatic heterocycles. The molecule has 3 aromatic heterocycles. The first kappa shape index (κ1) is 21.0. The van der Waals surface area contributed by atoms with Crippen LogP contribution < -0.4 is 5.32 Å². The van der Waals surface area contributed by atoms with E-state index in [2.05, 4.69) is 38.2 Å². The number of hydrogen-bond acceptors (Lipinski definition) is 5. The highest BCUT2D eigenvalue weighted by atomic mass is 32.2. The van der Waals surface area contributed by atoms with Crippen LogP contribution in [0.15, 0.2) is 90.2 Å². The van der Waals surface area contributed by atoms with Gasteiger partial charge in [-0.3, -0.25) is 4.68 Å². The number of aryl methyl sites for hydroxylation is 1. The molecule has 0 unspecified atom stereocenters. The summed E-state index contributed by atoms with van der Waals surface area (Å²) in [6.45, 7) is 0.696. The molecule has 1 N–H and O–H groups in total. The summed E-state index contributed by atoms with van der Waals surface area (Å²) >= 11 is 0. The molecule has 0 aliphatic carbocycles. The van der Waals surface area contributed by atoms with E-state index in [-0.39, 0.29) is 4.90 Å². The van der Waals surface area contributed by atoms with Gasteiger partial charge in [0.1, 0.15) is 5.82 Å². The first-order valence-electron chi connectivity index (χ1n) is 10.5. The van der Waals surface area contributed by atoms with E-state index in [4.69, 9.17) is 0 Å². The minimum atomic E-state index is -3.29. The SMILES string of the molecule is Cn1cc(-c2cc3cnc(Nc4cccc(S(C)(=O)=O)c4)cc3n2Cc2ccccc2)cn1. The number of pyridine rings is 1. The molecule has 0 atom stereocenters. The summed E-state index contributed by atoms with van der Waals surface area (Å²) in [7, 11) is -1.39. The molecular weight excluding hydrogens is 434 g/mol. The Morgan fingerprint density at radius 3 is 2.52 bits per heavy atom. The van der Waals surface area contributed by atoms with Crippen LogP contribution in [-0.4, -0.2) is 34.0 Å². The van der Waals surface area contributed by atoms with Gasteiger partial charge in [-0.2, -0.15) is 5.10 Å². The van der Waals surface area contributed by atoms with Crippen molar-refractivity contribution < 1.29 is 8.42 Å². The molecule has 0 fully saturated rings. The predicted molar refractivity (Wildman–Crippen MR) is 130 cm³/mol. The van der Waals surface area contributed by atoms with Gasteiger partial charge in [0.15, 0.2) is 9.84 Å². The van der Waals surface area contributed by atoms with Crippen LogP contribution in [0.3, 0.4) is 0 Å². The Bertz CT molecular complexity index is 1550. The van der Waals surface area contributed by atoms with Gasteiger partial charge in [0.2, 0.25) is 0 Å². The van der Waals surface area contributed by atoms with Gasteiger partial charge in [-0.1, -0.05) is 36.4 Å². The third-order valence-corrected chi connectivity index (χ3v) is 6.61. The number of nitrogens with zero attached hydrogens (tertiary/aromatic N) is 4. The van der Waals surface area contributed by atoms with Gasteiger partial charge in [-0.15, -0.1) is 0 Å². The van der Waals surface area contributed by atoms with E-state index in [1.165, 1.54) is 11.8 Å². The molecule has 0 bridgehead atoms. The summed E-state index contributed by atoms with van der Waals surface area (Å²) in [6.07, 6.45) is 6.89. The Morgan fingerprint density at radius 2 is 1.79 bits per heavy atom. The number of aromatic nitrogens is 4. The van der Waals surface area contributed by atoms with E-state index in [9.17, 15) is 8.42 Å². The zero-order valence-corrected chi connectivity index (χ0v) is 19.1. The van der Waals surface area contributed by atoms with E-state index in [1.807, 2.05) is 56.0 Å². The van der Waals surface area contributed by atoms with Gasteiger partial charge in [0.25, 0.3) is 0 Å². The molecule has 0 radical (unpaired) electrons. The molecule has 7 nitrogen and oxygen atoms in total. The van der Waals surface area contributed by atoms with Crippen LogP contribution in [0.25, 0.3) is 22.2 Å². The molecule has 8 heteroatoms. The van der Waals surface area contributed by atoms with Gasteiger partial charge < -0.3 is 9.88 Å². The minimum absolute atomic E-state index is 0.264. The highest BCUT2D eigenvalue weighted by molar-refractivity contribution is 7.90. The Balaban J connectivity index is 1.59. The fourth-order valence-electron chi connectivity index (χ4n) is 3.91. The van der Waals surface area contributed by atoms with Gasteiger partial charge in [0.05, 0.1) is 22.3 Å². The van der Waals surface area contributed by atoms with Gasteiger partial charge in [-0.25, -0.2) is 13.4 Å². The molecule has 0 amide bonds. The lowest BCUT2D eigenvalue weighted by molar-refractivity contribution is 0.602. The van der Waals surface area contributed by atoms with E-state index in [0.717, 1.165) is 22.2 Å². The fourth-order valence-corrected chi connectivity index (χ4v) is 4.57. The van der Waals surface area contributed by atoms with Crippen molar-refractivity contribution in [3.8, 4) is 11.3 Å². The van der Waals surface area contributed by atoms with Crippen molar-refractivity contribution in [2.75, 3.05) is 11.6 Å². The van der Waals surface area contributed by atoms with Crippen molar-refractivity contribution in [3.05, 3.63) is 90.9 Å². The molecule has 5 aromatic rings. The summed E-state index contributed by atoms with van der Waals surface area (Å²) in [4.78, 5) is 4.82. The summed E-state index contributed by atoms with van der Waals surface area (Å²) in [5, 5.41) is 8.60. The molecule has 33 heavy (non-hydrogen) atoms. The van der Waals surface area contributed by atoms with Gasteiger partial charge in [-0.05, 0) is 29.8 Å². The van der Waals surface area contributed by atoms with Crippen molar-refractivity contribution in [3.63, 3.8) is 0 Å². The highest BCUT2D eigenvalue weighted by Gasteiger charge is 2.14. The molecule has 166 valence electrons. The van der Waals surface area contributed by atoms with Crippen LogP contribution in [0.2, 0.25) is 0 Å². The highest BCUT2D eigenvalue weighted by Crippen LogP contribution is 2.30. The number of fused-ring (bicyclic) bond motifs is 1. The first-order chi connectivity index (χ1) is 15.9. The fraction of sp³-hybridized carbons (Fsp3) is 0.120. The number of rotatable bonds is 6. The minimum Gasteiger partial charge on any atom is -0.340 e. The third kappa shape index (κ3) is 4.38. The maximum absolute atomic E-state index is 11.9. The number of hydrogen-bond donors (Lipinski definition) is 1. The lowest BCUT2D eigenvalue weighted by Gasteiger charge is -2.12. The van der Waals surface area contributed by atoms with Crippen LogP contribution in [0.1, 0.15) is 5.56 Å². The lowest BCUT2D eigenvalue weighted by atomic mass is 10.2. The zero-order chi connectivity index (χ0) is 23.0. The maximum Gasteiger partial charge on any atom is 0.175 e. The lowest BCUT2D eigenvalue weighted by Crippen LogP contribution is -2.02. The van der Waals surface area contributed by atoms with Crippen molar-refractivity contribution in [1.82, 2.24) is 19.3 Å². The first-order valence-corrected chi connectivity index (χ1v) is 12.4. The van der Waals surface area contributed by atoms with Crippen molar-refractivity contribution in [2.24, 2.45) is 7.05 Å². The molecule has 5 rings (SSSR count). The molecule has 0 saturated heterocycles. The summed E-state index contributed by atoms with van der Waals surface area (Å²) in [6, 6.07) is 21.2. The smallest absolute Gasteiger partial charge is 0.175 e. The average Bonchev–Trinajstić information content (AvgIpc) is 3.38. The average molecular weight is 458 g/mol. The number of nitrogens with one attached hydrogen (secondary N) is 1. The van der Waals surface area contributed by atoms with Crippen LogP contribution in [-0.2, 0) is 23.4 Å². The molecule has 2 aromatic carbocycles. The van der Waals surface area contributed by atoms with Crippen LogP contribution in [0.4, 0.5) is 11.5 Å². The molecular formula is C25H23N5O2S. The monoisotopic (exact) mass is 457 g/mol. The van der Waals surface area contributed by atoms with E-state index >= 15 is 0 Å². The van der Waals surface area contributed by atoms with E-state index < -0.39 is 9.84 Å². The summed E-state index contributed by atoms with van der Waals surface area (Å²) < 4.78 is 27.9. The molecule has 0 saturated carbocycles. The van der Waals surface area contributed by atoms with Gasteiger partial charge in [0, 0.05) is 54.9 Å². The summed E-state index contributed by atoms with van der Waals surface area (Å²) in [5.41, 5.74) is 4.96. The second-order valence-electron chi connectivity index (χ2n) is 8.06. The quantitative estimate of drug-likeness (QED) is 0.402. The van der Waals surface area contributed by atoms with Crippen LogP contribution in [0, 0.1) is 0 Å². The standard InChI is InChI=1S/C25H23N5O2S/c1-29-17-20(15-27-29)23-11-19-14-26-25(28-21-9-6-10-22(12-21)33(2,31)32)13-24(19)30(23)16-18-7-4-3-5-8-18/h3-15,17H,16H2,1-2H3,(H,26,28). The van der Waals surface area contributed by atoms with Crippen molar-refractivity contribution in [1.29, 1.82) is 0 Å².